The Morgan fingerprint density at radius 3 is 2.77 bits per heavy atom. The maximum Gasteiger partial charge on any atom is 0.303 e. The SMILES string of the molecule is CCC(C(=N)C(C=O)CCCC(=O)O)c1ncc(-c2ccccc2F)[nH]1. The Kier molecular flexibility index (Phi) is 6.77. The zero-order valence-electron chi connectivity index (χ0n) is 14.5. The molecule has 0 aliphatic heterocycles. The quantitative estimate of drug-likeness (QED) is 0.443. The summed E-state index contributed by atoms with van der Waals surface area (Å²) in [4.78, 5) is 29.3. The van der Waals surface area contributed by atoms with Gasteiger partial charge in [-0.25, -0.2) is 9.37 Å². The molecular weight excluding hydrogens is 337 g/mol. The number of carboxylic acids is 1. The van der Waals surface area contributed by atoms with E-state index >= 15 is 0 Å². The number of aromatic amines is 1. The van der Waals surface area contributed by atoms with Gasteiger partial charge in [0.2, 0.25) is 0 Å². The summed E-state index contributed by atoms with van der Waals surface area (Å²) in [6.45, 7) is 1.88. The van der Waals surface area contributed by atoms with Crippen molar-refractivity contribution in [3.63, 3.8) is 0 Å². The number of carbonyl (C=O) groups excluding carboxylic acids is 1. The molecule has 138 valence electrons. The van der Waals surface area contributed by atoms with Crippen molar-refractivity contribution >= 4 is 18.0 Å². The van der Waals surface area contributed by atoms with Crippen molar-refractivity contribution in [1.82, 2.24) is 9.97 Å². The van der Waals surface area contributed by atoms with Gasteiger partial charge in [-0.1, -0.05) is 19.1 Å². The standard InChI is InChI=1S/C19H22FN3O3/c1-2-13(18(21)12(11-24)6-5-9-17(25)26)19-22-10-16(23-19)14-7-3-4-8-15(14)20/h3-4,7-8,10-13,21H,2,5-6,9H2,1H3,(H,22,23)(H,25,26). The van der Waals surface area contributed by atoms with Crippen LogP contribution in [0.3, 0.4) is 0 Å². The number of carbonyl (C=O) groups is 2. The highest BCUT2D eigenvalue weighted by atomic mass is 19.1. The Bertz CT molecular complexity index is 788. The van der Waals surface area contributed by atoms with Crippen LogP contribution in [0.5, 0.6) is 0 Å². The maximum absolute atomic E-state index is 13.9. The number of aromatic nitrogens is 2. The van der Waals surface area contributed by atoms with Crippen LogP contribution in [-0.4, -0.2) is 33.0 Å². The summed E-state index contributed by atoms with van der Waals surface area (Å²) in [5, 5.41) is 17.1. The van der Waals surface area contributed by atoms with Crippen molar-refractivity contribution < 1.29 is 19.1 Å². The number of halogens is 1. The number of rotatable bonds is 10. The monoisotopic (exact) mass is 359 g/mol. The number of hydrogen-bond donors (Lipinski definition) is 3. The van der Waals surface area contributed by atoms with Crippen LogP contribution in [0.2, 0.25) is 0 Å². The van der Waals surface area contributed by atoms with Crippen LogP contribution < -0.4 is 0 Å². The first-order chi connectivity index (χ1) is 12.5. The summed E-state index contributed by atoms with van der Waals surface area (Å²) >= 11 is 0. The van der Waals surface area contributed by atoms with E-state index in [0.29, 0.717) is 42.6 Å². The van der Waals surface area contributed by atoms with Crippen molar-refractivity contribution in [1.29, 1.82) is 5.41 Å². The Morgan fingerprint density at radius 1 is 1.42 bits per heavy atom. The van der Waals surface area contributed by atoms with Crippen LogP contribution in [0.15, 0.2) is 30.5 Å². The van der Waals surface area contributed by atoms with E-state index in [1.54, 1.807) is 18.2 Å². The van der Waals surface area contributed by atoms with Crippen molar-refractivity contribution in [2.24, 2.45) is 5.92 Å². The maximum atomic E-state index is 13.9. The van der Waals surface area contributed by atoms with Gasteiger partial charge >= 0.3 is 5.97 Å². The van der Waals surface area contributed by atoms with E-state index in [-0.39, 0.29) is 17.9 Å². The fraction of sp³-hybridized carbons (Fsp3) is 0.368. The first kappa shape index (κ1) is 19.5. The minimum atomic E-state index is -0.922. The second-order valence-electron chi connectivity index (χ2n) is 6.11. The number of aldehydes is 1. The largest absolute Gasteiger partial charge is 0.481 e. The van der Waals surface area contributed by atoms with Crippen molar-refractivity contribution in [3.05, 3.63) is 42.1 Å². The molecule has 0 fully saturated rings. The highest BCUT2D eigenvalue weighted by Gasteiger charge is 2.25. The average Bonchev–Trinajstić information content (AvgIpc) is 3.09. The smallest absolute Gasteiger partial charge is 0.303 e. The number of carboxylic acid groups (broad SMARTS) is 1. The van der Waals surface area contributed by atoms with Crippen molar-refractivity contribution in [2.45, 2.75) is 38.5 Å². The van der Waals surface area contributed by atoms with Crippen molar-refractivity contribution in [3.8, 4) is 11.3 Å². The van der Waals surface area contributed by atoms with E-state index in [0.717, 1.165) is 0 Å². The molecule has 0 saturated heterocycles. The molecule has 1 aromatic heterocycles. The highest BCUT2D eigenvalue weighted by Crippen LogP contribution is 2.27. The summed E-state index contributed by atoms with van der Waals surface area (Å²) < 4.78 is 13.9. The van der Waals surface area contributed by atoms with Crippen LogP contribution in [0.25, 0.3) is 11.3 Å². The summed E-state index contributed by atoms with van der Waals surface area (Å²) in [7, 11) is 0. The molecule has 0 aliphatic carbocycles. The van der Waals surface area contributed by atoms with Crippen LogP contribution in [0.4, 0.5) is 4.39 Å². The van der Waals surface area contributed by atoms with E-state index in [1.807, 2.05) is 6.92 Å². The Hall–Kier alpha value is -2.83. The summed E-state index contributed by atoms with van der Waals surface area (Å²) in [6.07, 6.45) is 3.36. The number of nitrogens with zero attached hydrogens (tertiary/aromatic N) is 1. The Balaban J connectivity index is 2.17. The average molecular weight is 359 g/mol. The third-order valence-corrected chi connectivity index (χ3v) is 4.34. The van der Waals surface area contributed by atoms with Gasteiger partial charge in [0.25, 0.3) is 0 Å². The second-order valence-corrected chi connectivity index (χ2v) is 6.11. The number of benzene rings is 1. The zero-order chi connectivity index (χ0) is 19.1. The molecule has 2 rings (SSSR count). The first-order valence-electron chi connectivity index (χ1n) is 8.53. The number of hydrogen-bond acceptors (Lipinski definition) is 4. The predicted molar refractivity (Wildman–Crippen MR) is 95.8 cm³/mol. The summed E-state index contributed by atoms with van der Waals surface area (Å²) in [5.41, 5.74) is 1.10. The van der Waals surface area contributed by atoms with Crippen LogP contribution in [0, 0.1) is 17.1 Å². The third-order valence-electron chi connectivity index (χ3n) is 4.34. The highest BCUT2D eigenvalue weighted by molar-refractivity contribution is 5.99. The zero-order valence-corrected chi connectivity index (χ0v) is 14.5. The van der Waals surface area contributed by atoms with Crippen molar-refractivity contribution in [2.75, 3.05) is 0 Å². The third kappa shape index (κ3) is 4.62. The molecule has 6 nitrogen and oxygen atoms in total. The number of nitrogens with one attached hydrogen (secondary N) is 2. The molecule has 0 aliphatic rings. The fourth-order valence-corrected chi connectivity index (χ4v) is 2.92. The van der Waals surface area contributed by atoms with Gasteiger partial charge in [0, 0.05) is 17.7 Å². The molecule has 0 amide bonds. The van der Waals surface area contributed by atoms with Crippen LogP contribution in [0.1, 0.15) is 44.3 Å². The molecule has 3 N–H and O–H groups in total. The topological polar surface area (TPSA) is 107 Å². The molecule has 0 bridgehead atoms. The predicted octanol–water partition coefficient (Wildman–Crippen LogP) is 3.80. The molecular formula is C19H22FN3O3. The molecule has 1 heterocycles. The molecule has 7 heteroatoms. The van der Waals surface area contributed by atoms with E-state index in [9.17, 15) is 14.0 Å². The molecule has 0 radical (unpaired) electrons. The van der Waals surface area contributed by atoms with Gasteiger partial charge in [0.05, 0.1) is 23.7 Å². The number of H-pyrrole nitrogens is 1. The summed E-state index contributed by atoms with van der Waals surface area (Å²) in [5.74, 6) is -1.85. The van der Waals surface area contributed by atoms with E-state index in [2.05, 4.69) is 9.97 Å². The van der Waals surface area contributed by atoms with Crippen LogP contribution in [-0.2, 0) is 9.59 Å². The molecule has 2 aromatic rings. The van der Waals surface area contributed by atoms with Gasteiger partial charge in [-0.3, -0.25) is 4.79 Å². The van der Waals surface area contributed by atoms with Crippen LogP contribution >= 0.6 is 0 Å². The van der Waals surface area contributed by atoms with Gasteiger partial charge in [-0.2, -0.15) is 0 Å². The van der Waals surface area contributed by atoms with E-state index in [1.165, 1.54) is 12.3 Å². The first-order valence-corrected chi connectivity index (χ1v) is 8.53. The minimum Gasteiger partial charge on any atom is -0.481 e. The lowest BCUT2D eigenvalue weighted by molar-refractivity contribution is -0.137. The normalized spacial score (nSPS) is 13.2. The minimum absolute atomic E-state index is 0.0351. The molecule has 26 heavy (non-hydrogen) atoms. The van der Waals surface area contributed by atoms with Gasteiger partial charge in [-0.15, -0.1) is 0 Å². The fourth-order valence-electron chi connectivity index (χ4n) is 2.92. The lowest BCUT2D eigenvalue weighted by Gasteiger charge is -2.19. The molecule has 2 unspecified atom stereocenters. The van der Waals surface area contributed by atoms with Gasteiger partial charge in [0.1, 0.15) is 17.9 Å². The van der Waals surface area contributed by atoms with E-state index in [4.69, 9.17) is 10.5 Å². The summed E-state index contributed by atoms with van der Waals surface area (Å²) in [6, 6.07) is 6.33. The molecule has 0 saturated carbocycles. The molecule has 2 atom stereocenters. The van der Waals surface area contributed by atoms with Gasteiger partial charge < -0.3 is 20.3 Å². The molecule has 1 aromatic carbocycles. The number of imidazole rings is 1. The lowest BCUT2D eigenvalue weighted by atomic mass is 9.87. The van der Waals surface area contributed by atoms with E-state index < -0.39 is 17.8 Å². The molecule has 0 spiro atoms. The number of aliphatic carboxylic acids is 1. The Labute approximate surface area is 151 Å². The van der Waals surface area contributed by atoms with Gasteiger partial charge in [-0.05, 0) is 31.4 Å². The van der Waals surface area contributed by atoms with Gasteiger partial charge in [0.15, 0.2) is 0 Å². The lowest BCUT2D eigenvalue weighted by Crippen LogP contribution is -2.23. The Morgan fingerprint density at radius 2 is 2.15 bits per heavy atom. The second kappa shape index (κ2) is 9.03.